The topological polar surface area (TPSA) is 26.3 Å². The second-order valence-electron chi connectivity index (χ2n) is 4.14. The van der Waals surface area contributed by atoms with Crippen molar-refractivity contribution in [2.45, 2.75) is 6.92 Å². The number of methoxy groups -OCH3 is 1. The molecule has 0 spiro atoms. The molecule has 0 saturated carbocycles. The molecule has 2 aromatic rings. The highest BCUT2D eigenvalue weighted by molar-refractivity contribution is 9.10. The Bertz CT molecular complexity index is 638. The van der Waals surface area contributed by atoms with Gasteiger partial charge in [-0.3, -0.25) is 4.79 Å². The number of hydrogen-bond acceptors (Lipinski definition) is 2. The molecule has 4 heteroatoms. The largest absolute Gasteiger partial charge is 0.497 e. The first-order valence-electron chi connectivity index (χ1n) is 5.67. The van der Waals surface area contributed by atoms with Crippen molar-refractivity contribution in [3.05, 3.63) is 62.6 Å². The average Bonchev–Trinajstić information content (AvgIpc) is 2.41. The standard InChI is InChI=1S/C15H12BrClO2/c1-9-3-4-10(7-13(9)16)15(18)12-6-5-11(19-2)8-14(12)17/h3-8H,1-2H3. The smallest absolute Gasteiger partial charge is 0.194 e. The summed E-state index contributed by atoms with van der Waals surface area (Å²) in [6, 6.07) is 10.5. The number of aryl methyl sites for hydroxylation is 1. The molecule has 0 atom stereocenters. The molecule has 0 unspecified atom stereocenters. The van der Waals surface area contributed by atoms with E-state index in [1.54, 1.807) is 37.4 Å². The van der Waals surface area contributed by atoms with E-state index >= 15 is 0 Å². The van der Waals surface area contributed by atoms with E-state index in [1.807, 2.05) is 13.0 Å². The van der Waals surface area contributed by atoms with Crippen LogP contribution in [-0.2, 0) is 0 Å². The number of benzene rings is 2. The van der Waals surface area contributed by atoms with Crippen LogP contribution in [0.25, 0.3) is 0 Å². The molecule has 0 bridgehead atoms. The van der Waals surface area contributed by atoms with Crippen LogP contribution in [0.3, 0.4) is 0 Å². The monoisotopic (exact) mass is 338 g/mol. The maximum atomic E-state index is 12.4. The number of ether oxygens (including phenoxy) is 1. The third-order valence-electron chi connectivity index (χ3n) is 2.85. The van der Waals surface area contributed by atoms with Crippen LogP contribution in [0, 0.1) is 6.92 Å². The van der Waals surface area contributed by atoms with Gasteiger partial charge in [-0.1, -0.05) is 39.7 Å². The van der Waals surface area contributed by atoms with E-state index in [-0.39, 0.29) is 5.78 Å². The van der Waals surface area contributed by atoms with Crippen molar-refractivity contribution in [2.24, 2.45) is 0 Å². The third kappa shape index (κ3) is 2.99. The summed E-state index contributed by atoms with van der Waals surface area (Å²) in [5.74, 6) is 0.528. The summed E-state index contributed by atoms with van der Waals surface area (Å²) >= 11 is 9.53. The summed E-state index contributed by atoms with van der Waals surface area (Å²) in [7, 11) is 1.56. The number of halogens is 2. The fourth-order valence-electron chi connectivity index (χ4n) is 1.70. The van der Waals surface area contributed by atoms with Crippen molar-refractivity contribution in [1.82, 2.24) is 0 Å². The molecule has 19 heavy (non-hydrogen) atoms. The Labute approximate surface area is 125 Å². The molecule has 2 nitrogen and oxygen atoms in total. The first-order valence-corrected chi connectivity index (χ1v) is 6.84. The molecule has 2 aromatic carbocycles. The van der Waals surface area contributed by atoms with Gasteiger partial charge in [-0.2, -0.15) is 0 Å². The van der Waals surface area contributed by atoms with Gasteiger partial charge >= 0.3 is 0 Å². The fourth-order valence-corrected chi connectivity index (χ4v) is 2.33. The second kappa shape index (κ2) is 5.76. The Morgan fingerprint density at radius 1 is 1.21 bits per heavy atom. The first kappa shape index (κ1) is 14.1. The molecule has 98 valence electrons. The van der Waals surface area contributed by atoms with E-state index in [0.29, 0.717) is 21.9 Å². The van der Waals surface area contributed by atoms with Crippen molar-refractivity contribution in [3.8, 4) is 5.75 Å². The molecule has 0 aliphatic heterocycles. The zero-order valence-corrected chi connectivity index (χ0v) is 12.9. The molecule has 0 fully saturated rings. The Morgan fingerprint density at radius 3 is 2.53 bits per heavy atom. The summed E-state index contributed by atoms with van der Waals surface area (Å²) in [6.07, 6.45) is 0. The maximum Gasteiger partial charge on any atom is 0.194 e. The molecule has 0 aromatic heterocycles. The molecule has 2 rings (SSSR count). The Balaban J connectivity index is 2.41. The lowest BCUT2D eigenvalue weighted by atomic mass is 10.0. The summed E-state index contributed by atoms with van der Waals surface area (Å²) in [5, 5.41) is 0.390. The van der Waals surface area contributed by atoms with Crippen LogP contribution in [0.5, 0.6) is 5.75 Å². The lowest BCUT2D eigenvalue weighted by Crippen LogP contribution is -2.02. The molecule has 0 N–H and O–H groups in total. The van der Waals surface area contributed by atoms with Gasteiger partial charge in [0, 0.05) is 15.6 Å². The van der Waals surface area contributed by atoms with E-state index in [2.05, 4.69) is 15.9 Å². The molecule has 0 saturated heterocycles. The van der Waals surface area contributed by atoms with Crippen molar-refractivity contribution >= 4 is 33.3 Å². The van der Waals surface area contributed by atoms with Crippen LogP contribution >= 0.6 is 27.5 Å². The van der Waals surface area contributed by atoms with Crippen molar-refractivity contribution in [3.63, 3.8) is 0 Å². The van der Waals surface area contributed by atoms with Gasteiger partial charge in [0.1, 0.15) is 5.75 Å². The molecule has 0 heterocycles. The van der Waals surface area contributed by atoms with E-state index in [1.165, 1.54) is 0 Å². The van der Waals surface area contributed by atoms with E-state index < -0.39 is 0 Å². The minimum Gasteiger partial charge on any atom is -0.497 e. The van der Waals surface area contributed by atoms with Gasteiger partial charge in [-0.25, -0.2) is 0 Å². The summed E-state index contributed by atoms with van der Waals surface area (Å²) < 4.78 is 5.97. The van der Waals surface area contributed by atoms with E-state index in [9.17, 15) is 4.79 Å². The van der Waals surface area contributed by atoms with Crippen LogP contribution < -0.4 is 4.74 Å². The van der Waals surface area contributed by atoms with Crippen LogP contribution in [0.4, 0.5) is 0 Å². The minimum absolute atomic E-state index is 0.103. The molecule has 0 aliphatic carbocycles. The number of hydrogen-bond donors (Lipinski definition) is 0. The SMILES string of the molecule is COc1ccc(C(=O)c2ccc(C)c(Br)c2)c(Cl)c1. The van der Waals surface area contributed by atoms with Crippen LogP contribution in [0.1, 0.15) is 21.5 Å². The van der Waals surface area contributed by atoms with Crippen molar-refractivity contribution < 1.29 is 9.53 Å². The molecule has 0 aliphatic rings. The summed E-state index contributed by atoms with van der Waals surface area (Å²) in [5.41, 5.74) is 2.15. The second-order valence-corrected chi connectivity index (χ2v) is 5.40. The van der Waals surface area contributed by atoms with Gasteiger partial charge in [-0.05, 0) is 36.8 Å². The maximum absolute atomic E-state index is 12.4. The summed E-state index contributed by atoms with van der Waals surface area (Å²) in [4.78, 5) is 12.4. The van der Waals surface area contributed by atoms with Gasteiger partial charge < -0.3 is 4.74 Å². The van der Waals surface area contributed by atoms with Gasteiger partial charge in [0.25, 0.3) is 0 Å². The third-order valence-corrected chi connectivity index (χ3v) is 4.02. The van der Waals surface area contributed by atoms with Crippen molar-refractivity contribution in [2.75, 3.05) is 7.11 Å². The lowest BCUT2D eigenvalue weighted by molar-refractivity contribution is 0.103. The van der Waals surface area contributed by atoms with E-state index in [4.69, 9.17) is 16.3 Å². The Morgan fingerprint density at radius 2 is 1.95 bits per heavy atom. The molecule has 0 amide bonds. The highest BCUT2D eigenvalue weighted by Crippen LogP contribution is 2.26. The number of carbonyl (C=O) groups is 1. The van der Waals surface area contributed by atoms with Crippen LogP contribution in [-0.4, -0.2) is 12.9 Å². The Hall–Kier alpha value is -1.32. The number of carbonyl (C=O) groups excluding carboxylic acids is 1. The van der Waals surface area contributed by atoms with Crippen LogP contribution in [0.2, 0.25) is 5.02 Å². The number of rotatable bonds is 3. The number of ketones is 1. The predicted molar refractivity (Wildman–Crippen MR) is 80.3 cm³/mol. The zero-order chi connectivity index (χ0) is 14.0. The Kier molecular flexibility index (Phi) is 4.27. The molecular formula is C15H12BrClO2. The normalized spacial score (nSPS) is 10.3. The highest BCUT2D eigenvalue weighted by Gasteiger charge is 2.14. The quantitative estimate of drug-likeness (QED) is 0.761. The van der Waals surface area contributed by atoms with E-state index in [0.717, 1.165) is 10.0 Å². The van der Waals surface area contributed by atoms with Crippen molar-refractivity contribution in [1.29, 1.82) is 0 Å². The van der Waals surface area contributed by atoms with Gasteiger partial charge in [0.15, 0.2) is 5.78 Å². The first-order chi connectivity index (χ1) is 9.02. The highest BCUT2D eigenvalue weighted by atomic mass is 79.9. The van der Waals surface area contributed by atoms with Crippen LogP contribution in [0.15, 0.2) is 40.9 Å². The lowest BCUT2D eigenvalue weighted by Gasteiger charge is -2.07. The zero-order valence-electron chi connectivity index (χ0n) is 10.5. The van der Waals surface area contributed by atoms with Gasteiger partial charge in [-0.15, -0.1) is 0 Å². The molecule has 0 radical (unpaired) electrons. The minimum atomic E-state index is -0.103. The fraction of sp³-hybridized carbons (Fsp3) is 0.133. The predicted octanol–water partition coefficient (Wildman–Crippen LogP) is 4.65. The van der Waals surface area contributed by atoms with Gasteiger partial charge in [0.05, 0.1) is 12.1 Å². The average molecular weight is 340 g/mol. The molecular weight excluding hydrogens is 328 g/mol. The van der Waals surface area contributed by atoms with Gasteiger partial charge in [0.2, 0.25) is 0 Å². The summed E-state index contributed by atoms with van der Waals surface area (Å²) in [6.45, 7) is 1.97.